The minimum absolute atomic E-state index is 0.0407. The van der Waals surface area contributed by atoms with E-state index in [4.69, 9.17) is 0 Å². The van der Waals surface area contributed by atoms with Crippen LogP contribution in [0.3, 0.4) is 0 Å². The molecule has 0 amide bonds. The molecule has 1 unspecified atom stereocenters. The lowest BCUT2D eigenvalue weighted by molar-refractivity contribution is -0.112. The van der Waals surface area contributed by atoms with Crippen molar-refractivity contribution in [3.05, 3.63) is 35.9 Å². The second-order valence-electron chi connectivity index (χ2n) is 6.88. The average molecular weight is 257 g/mol. The van der Waals surface area contributed by atoms with Crippen molar-refractivity contribution in [1.82, 2.24) is 5.32 Å². The van der Waals surface area contributed by atoms with Crippen LogP contribution in [0.2, 0.25) is 0 Å². The van der Waals surface area contributed by atoms with E-state index >= 15 is 0 Å². The number of hydrogen-bond donors (Lipinski definition) is 2. The average Bonchev–Trinajstić information content (AvgIpc) is 2.44. The number of hydrogen-bond acceptors (Lipinski definition) is 2. The molecule has 0 aliphatic heterocycles. The fourth-order valence-electron chi connectivity index (χ4n) is 5.03. The summed E-state index contributed by atoms with van der Waals surface area (Å²) in [7, 11) is 0. The molecule has 4 fully saturated rings. The van der Waals surface area contributed by atoms with E-state index in [0.29, 0.717) is 17.9 Å². The molecule has 19 heavy (non-hydrogen) atoms. The molecular weight excluding hydrogens is 234 g/mol. The quantitative estimate of drug-likeness (QED) is 0.872. The number of rotatable bonds is 3. The maximum atomic E-state index is 10.5. The van der Waals surface area contributed by atoms with Crippen LogP contribution in [0.4, 0.5) is 0 Å². The van der Waals surface area contributed by atoms with E-state index in [-0.39, 0.29) is 6.10 Å². The number of aliphatic hydroxyl groups excluding tert-OH is 1. The Morgan fingerprint density at radius 1 is 1.00 bits per heavy atom. The van der Waals surface area contributed by atoms with Gasteiger partial charge in [-0.15, -0.1) is 0 Å². The summed E-state index contributed by atoms with van der Waals surface area (Å²) in [4.78, 5) is 0. The van der Waals surface area contributed by atoms with E-state index in [1.807, 2.05) is 0 Å². The van der Waals surface area contributed by atoms with E-state index in [9.17, 15) is 5.11 Å². The molecule has 102 valence electrons. The summed E-state index contributed by atoms with van der Waals surface area (Å²) >= 11 is 0. The van der Waals surface area contributed by atoms with Gasteiger partial charge in [0, 0.05) is 18.5 Å². The van der Waals surface area contributed by atoms with Gasteiger partial charge in [0.25, 0.3) is 0 Å². The fraction of sp³-hybridized carbons (Fsp3) is 0.647. The molecule has 4 aliphatic carbocycles. The monoisotopic (exact) mass is 257 g/mol. The zero-order valence-corrected chi connectivity index (χ0v) is 11.3. The largest absolute Gasteiger partial charge is 0.392 e. The van der Waals surface area contributed by atoms with Crippen LogP contribution in [0.1, 0.15) is 31.2 Å². The third-order valence-electron chi connectivity index (χ3n) is 5.76. The van der Waals surface area contributed by atoms with Crippen molar-refractivity contribution < 1.29 is 5.11 Å². The zero-order chi connectivity index (χ0) is 12.8. The van der Waals surface area contributed by atoms with Gasteiger partial charge >= 0.3 is 0 Å². The first-order valence-electron chi connectivity index (χ1n) is 7.76. The summed E-state index contributed by atoms with van der Waals surface area (Å²) in [5.74, 6) is 2.85. The first-order valence-corrected chi connectivity index (χ1v) is 7.76. The Hall–Kier alpha value is -0.860. The van der Waals surface area contributed by atoms with Crippen LogP contribution in [0.5, 0.6) is 0 Å². The summed E-state index contributed by atoms with van der Waals surface area (Å²) in [6, 6.07) is 11.2. The molecule has 5 rings (SSSR count). The summed E-state index contributed by atoms with van der Waals surface area (Å²) < 4.78 is 0. The van der Waals surface area contributed by atoms with Gasteiger partial charge in [-0.25, -0.2) is 0 Å². The van der Waals surface area contributed by atoms with Crippen molar-refractivity contribution in [2.45, 2.75) is 44.4 Å². The Morgan fingerprint density at radius 3 is 2.63 bits per heavy atom. The Balaban J connectivity index is 1.47. The molecule has 0 spiro atoms. The Kier molecular flexibility index (Phi) is 2.89. The summed E-state index contributed by atoms with van der Waals surface area (Å²) in [6.45, 7) is 0.945. The molecule has 2 nitrogen and oxygen atoms in total. The molecular formula is C17H23NO. The molecule has 0 aromatic heterocycles. The maximum absolute atomic E-state index is 10.5. The fourth-order valence-corrected chi connectivity index (χ4v) is 5.03. The van der Waals surface area contributed by atoms with Crippen molar-refractivity contribution in [3.63, 3.8) is 0 Å². The van der Waals surface area contributed by atoms with Crippen LogP contribution in [0, 0.1) is 23.7 Å². The SMILES string of the molecule is O[C@@H]1[C@@H]2CC3C[C@@H](C2)[C@H](NCc2ccccc2)[C@H]1C3. The van der Waals surface area contributed by atoms with E-state index in [1.165, 1.54) is 31.2 Å². The lowest BCUT2D eigenvalue weighted by Crippen LogP contribution is -2.60. The highest BCUT2D eigenvalue weighted by Crippen LogP contribution is 2.53. The van der Waals surface area contributed by atoms with Gasteiger partial charge in [0.1, 0.15) is 0 Å². The van der Waals surface area contributed by atoms with Gasteiger partial charge in [0.15, 0.2) is 0 Å². The van der Waals surface area contributed by atoms with Gasteiger partial charge < -0.3 is 10.4 Å². The summed E-state index contributed by atoms with van der Waals surface area (Å²) in [5, 5.41) is 14.2. The normalized spacial score (nSPS) is 43.6. The highest BCUT2D eigenvalue weighted by Gasteiger charge is 2.52. The first kappa shape index (κ1) is 11.9. The highest BCUT2D eigenvalue weighted by molar-refractivity contribution is 5.15. The molecule has 4 aliphatic rings. The number of nitrogens with one attached hydrogen (secondary N) is 1. The molecule has 1 aromatic rings. The second-order valence-corrected chi connectivity index (χ2v) is 6.88. The molecule has 1 aromatic carbocycles. The predicted octanol–water partition coefficient (Wildman–Crippen LogP) is 2.57. The van der Waals surface area contributed by atoms with Gasteiger partial charge in [0.2, 0.25) is 0 Å². The molecule has 0 radical (unpaired) electrons. The van der Waals surface area contributed by atoms with E-state index < -0.39 is 0 Å². The van der Waals surface area contributed by atoms with Crippen molar-refractivity contribution in [2.24, 2.45) is 23.7 Å². The van der Waals surface area contributed by atoms with Crippen LogP contribution in [-0.2, 0) is 6.54 Å². The second kappa shape index (κ2) is 4.60. The van der Waals surface area contributed by atoms with Crippen LogP contribution in [-0.4, -0.2) is 17.3 Å². The highest BCUT2D eigenvalue weighted by atomic mass is 16.3. The van der Waals surface area contributed by atoms with Crippen LogP contribution >= 0.6 is 0 Å². The lowest BCUT2D eigenvalue weighted by Gasteiger charge is -2.57. The van der Waals surface area contributed by atoms with Crippen molar-refractivity contribution in [3.8, 4) is 0 Å². The number of aliphatic hydroxyl groups is 1. The molecule has 2 heteroatoms. The molecule has 4 bridgehead atoms. The first-order chi connectivity index (χ1) is 9.31. The van der Waals surface area contributed by atoms with Crippen LogP contribution in [0.25, 0.3) is 0 Å². The smallest absolute Gasteiger partial charge is 0.0611 e. The lowest BCUT2D eigenvalue weighted by atomic mass is 9.53. The molecule has 2 N–H and O–H groups in total. The number of benzene rings is 1. The topological polar surface area (TPSA) is 32.3 Å². The van der Waals surface area contributed by atoms with Gasteiger partial charge in [0.05, 0.1) is 6.10 Å². The van der Waals surface area contributed by atoms with E-state index in [0.717, 1.165) is 18.4 Å². The standard InChI is InChI=1S/C17H23NO/c19-17-14-7-12-6-13(9-14)16(15(17)8-12)18-10-11-4-2-1-3-5-11/h1-5,12-19H,6-10H2/t12?,13-,14+,15+,16-,17+/m0/s1. The minimum Gasteiger partial charge on any atom is -0.392 e. The van der Waals surface area contributed by atoms with Crippen LogP contribution in [0.15, 0.2) is 30.3 Å². The summed E-state index contributed by atoms with van der Waals surface area (Å²) in [5.41, 5.74) is 1.35. The molecule has 0 heterocycles. The third kappa shape index (κ3) is 2.02. The Labute approximate surface area is 115 Å². The van der Waals surface area contributed by atoms with Gasteiger partial charge in [-0.05, 0) is 49.0 Å². The minimum atomic E-state index is -0.0407. The van der Waals surface area contributed by atoms with Gasteiger partial charge in [-0.2, -0.15) is 0 Å². The van der Waals surface area contributed by atoms with Crippen molar-refractivity contribution in [1.29, 1.82) is 0 Å². The van der Waals surface area contributed by atoms with Crippen LogP contribution < -0.4 is 5.32 Å². The van der Waals surface area contributed by atoms with Crippen molar-refractivity contribution in [2.75, 3.05) is 0 Å². The van der Waals surface area contributed by atoms with Gasteiger partial charge in [-0.3, -0.25) is 0 Å². The zero-order valence-electron chi connectivity index (χ0n) is 11.3. The summed E-state index contributed by atoms with van der Waals surface area (Å²) in [6.07, 6.45) is 5.15. The molecule has 6 atom stereocenters. The van der Waals surface area contributed by atoms with E-state index in [2.05, 4.69) is 35.6 Å². The third-order valence-corrected chi connectivity index (χ3v) is 5.76. The Bertz CT molecular complexity index is 446. The molecule has 4 saturated carbocycles. The Morgan fingerprint density at radius 2 is 1.79 bits per heavy atom. The predicted molar refractivity (Wildman–Crippen MR) is 75.5 cm³/mol. The molecule has 0 saturated heterocycles. The van der Waals surface area contributed by atoms with E-state index in [1.54, 1.807) is 0 Å². The van der Waals surface area contributed by atoms with Gasteiger partial charge in [-0.1, -0.05) is 30.3 Å². The van der Waals surface area contributed by atoms with Crippen molar-refractivity contribution >= 4 is 0 Å². The maximum Gasteiger partial charge on any atom is 0.0611 e.